The largest absolute Gasteiger partial charge is 0.437 e. The zero-order valence-electron chi connectivity index (χ0n) is 20.1. The number of benzene rings is 2. The topological polar surface area (TPSA) is 73.1 Å². The third kappa shape index (κ3) is 5.40. The first-order valence-electron chi connectivity index (χ1n) is 12.0. The van der Waals surface area contributed by atoms with E-state index in [1.165, 1.54) is 0 Å². The third-order valence-corrected chi connectivity index (χ3v) is 6.42. The number of piperidine rings is 1. The van der Waals surface area contributed by atoms with Crippen molar-refractivity contribution in [3.63, 3.8) is 0 Å². The lowest BCUT2D eigenvalue weighted by molar-refractivity contribution is 0.0705. The molecule has 0 bridgehead atoms. The van der Waals surface area contributed by atoms with Crippen molar-refractivity contribution in [3.8, 4) is 11.6 Å². The Morgan fingerprint density at radius 3 is 2.83 bits per heavy atom. The van der Waals surface area contributed by atoms with E-state index in [1.807, 2.05) is 73.5 Å². The second kappa shape index (κ2) is 10.1. The maximum absolute atomic E-state index is 13.4. The van der Waals surface area contributed by atoms with E-state index in [1.54, 1.807) is 18.6 Å². The highest BCUT2D eigenvalue weighted by Gasteiger charge is 2.27. The van der Waals surface area contributed by atoms with Crippen LogP contribution in [-0.2, 0) is 6.54 Å². The van der Waals surface area contributed by atoms with Gasteiger partial charge in [-0.15, -0.1) is 0 Å². The Morgan fingerprint density at radius 1 is 1.11 bits per heavy atom. The lowest BCUT2D eigenvalue weighted by Gasteiger charge is -2.32. The molecule has 1 aliphatic rings. The molecule has 35 heavy (non-hydrogen) atoms. The molecule has 7 heteroatoms. The summed E-state index contributed by atoms with van der Waals surface area (Å²) in [5.74, 6) is 2.34. The number of likely N-dealkylation sites (tertiary alicyclic amines) is 1. The van der Waals surface area contributed by atoms with Gasteiger partial charge in [0.1, 0.15) is 11.6 Å². The fraction of sp³-hybridized carbons (Fsp3) is 0.286. The summed E-state index contributed by atoms with van der Waals surface area (Å²) in [5.41, 5.74) is 3.77. The summed E-state index contributed by atoms with van der Waals surface area (Å²) in [6, 6.07) is 15.7. The number of nitrogens with zero attached hydrogens (tertiary/aromatic N) is 5. The van der Waals surface area contributed by atoms with Gasteiger partial charge < -0.3 is 14.2 Å². The number of imidazole rings is 1. The lowest BCUT2D eigenvalue weighted by Crippen LogP contribution is -2.39. The van der Waals surface area contributed by atoms with Crippen LogP contribution in [0.5, 0.6) is 11.6 Å². The van der Waals surface area contributed by atoms with Crippen molar-refractivity contribution in [2.24, 2.45) is 0 Å². The molecule has 5 rings (SSSR count). The summed E-state index contributed by atoms with van der Waals surface area (Å²) in [6.45, 7) is 6.06. The molecule has 7 nitrogen and oxygen atoms in total. The van der Waals surface area contributed by atoms with Gasteiger partial charge in [0, 0.05) is 49.7 Å². The molecule has 1 fully saturated rings. The molecule has 0 saturated carbocycles. The average molecular weight is 468 g/mol. The van der Waals surface area contributed by atoms with E-state index in [9.17, 15) is 4.79 Å². The van der Waals surface area contributed by atoms with Gasteiger partial charge in [0.15, 0.2) is 0 Å². The maximum Gasteiger partial charge on any atom is 0.253 e. The number of hydrogen-bond donors (Lipinski definition) is 0. The van der Waals surface area contributed by atoms with E-state index in [-0.39, 0.29) is 11.8 Å². The Kier molecular flexibility index (Phi) is 6.57. The van der Waals surface area contributed by atoms with Crippen molar-refractivity contribution in [2.45, 2.75) is 39.2 Å². The third-order valence-electron chi connectivity index (χ3n) is 6.42. The quantitative estimate of drug-likeness (QED) is 0.392. The van der Waals surface area contributed by atoms with E-state index in [0.29, 0.717) is 24.5 Å². The first-order chi connectivity index (χ1) is 17.0. The summed E-state index contributed by atoms with van der Waals surface area (Å²) in [4.78, 5) is 28.7. The van der Waals surface area contributed by atoms with Gasteiger partial charge in [-0.05, 0) is 62.1 Å². The van der Waals surface area contributed by atoms with Gasteiger partial charge in [-0.2, -0.15) is 0 Å². The minimum Gasteiger partial charge on any atom is -0.437 e. The van der Waals surface area contributed by atoms with Crippen LogP contribution in [0.25, 0.3) is 0 Å². The molecular formula is C28H29N5O2. The number of amides is 1. The van der Waals surface area contributed by atoms with Gasteiger partial charge in [-0.1, -0.05) is 24.3 Å². The van der Waals surface area contributed by atoms with Gasteiger partial charge in [-0.25, -0.2) is 9.97 Å². The number of aryl methyl sites for hydroxylation is 2. The fourth-order valence-corrected chi connectivity index (χ4v) is 4.56. The molecule has 178 valence electrons. The van der Waals surface area contributed by atoms with Gasteiger partial charge in [-0.3, -0.25) is 9.78 Å². The number of ether oxygens (including phenoxy) is 1. The minimum atomic E-state index is 0.0547. The smallest absolute Gasteiger partial charge is 0.253 e. The van der Waals surface area contributed by atoms with Crippen LogP contribution in [0.3, 0.4) is 0 Å². The van der Waals surface area contributed by atoms with Crippen LogP contribution in [0.2, 0.25) is 0 Å². The second-order valence-electron chi connectivity index (χ2n) is 9.09. The lowest BCUT2D eigenvalue weighted by atomic mass is 9.94. The molecule has 1 aliphatic heterocycles. The van der Waals surface area contributed by atoms with Crippen LogP contribution in [0.1, 0.15) is 51.8 Å². The number of carbonyl (C=O) groups is 1. The predicted octanol–water partition coefficient (Wildman–Crippen LogP) is 5.15. The molecule has 1 amide bonds. The molecule has 4 aromatic rings. The summed E-state index contributed by atoms with van der Waals surface area (Å²) in [5, 5.41) is 0. The van der Waals surface area contributed by atoms with Crippen LogP contribution in [0.15, 0.2) is 73.3 Å². The molecule has 2 aromatic carbocycles. The van der Waals surface area contributed by atoms with Crippen molar-refractivity contribution in [1.29, 1.82) is 0 Å². The summed E-state index contributed by atoms with van der Waals surface area (Å²) >= 11 is 0. The Bertz CT molecular complexity index is 1330. The molecule has 0 N–H and O–H groups in total. The fourth-order valence-electron chi connectivity index (χ4n) is 4.56. The standard InChI is InChI=1S/C28H29N5O2/c1-20-6-3-10-25(14-20)35-27-17-29-16-26(31-27)24-9-5-12-33(19-24)28(34)23-8-4-7-22(15-23)18-32-13-11-30-21(32)2/h3-4,6-8,10-11,13-17,24H,5,9,12,18-19H2,1-2H3/t24-/m0/s1. The first kappa shape index (κ1) is 22.8. The Balaban J connectivity index is 1.28. The van der Waals surface area contributed by atoms with Crippen LogP contribution >= 0.6 is 0 Å². The van der Waals surface area contributed by atoms with E-state index in [4.69, 9.17) is 9.72 Å². The Labute approximate surface area is 205 Å². The minimum absolute atomic E-state index is 0.0547. The average Bonchev–Trinajstić information content (AvgIpc) is 3.28. The van der Waals surface area contributed by atoms with Gasteiger partial charge >= 0.3 is 0 Å². The SMILES string of the molecule is Cc1cccc(Oc2cncc([C@H]3CCCN(C(=O)c4cccc(Cn5ccnc5C)c4)C3)n2)c1. The van der Waals surface area contributed by atoms with Crippen molar-refractivity contribution in [2.75, 3.05) is 13.1 Å². The summed E-state index contributed by atoms with van der Waals surface area (Å²) in [7, 11) is 0. The number of aromatic nitrogens is 4. The summed E-state index contributed by atoms with van der Waals surface area (Å²) < 4.78 is 8.01. The van der Waals surface area contributed by atoms with E-state index < -0.39 is 0 Å². The molecule has 0 unspecified atom stereocenters. The summed E-state index contributed by atoms with van der Waals surface area (Å²) in [6.07, 6.45) is 9.06. The molecule has 2 aromatic heterocycles. The second-order valence-corrected chi connectivity index (χ2v) is 9.09. The molecule has 0 spiro atoms. The maximum atomic E-state index is 13.4. The van der Waals surface area contributed by atoms with Gasteiger partial charge in [0.25, 0.3) is 5.91 Å². The van der Waals surface area contributed by atoms with E-state index in [0.717, 1.165) is 47.8 Å². The van der Waals surface area contributed by atoms with Crippen molar-refractivity contribution in [3.05, 3.63) is 102 Å². The monoisotopic (exact) mass is 467 g/mol. The molecular weight excluding hydrogens is 438 g/mol. The van der Waals surface area contributed by atoms with Crippen LogP contribution in [0, 0.1) is 13.8 Å². The van der Waals surface area contributed by atoms with Crippen LogP contribution in [0.4, 0.5) is 0 Å². The first-order valence-corrected chi connectivity index (χ1v) is 12.0. The zero-order chi connectivity index (χ0) is 24.2. The Morgan fingerprint density at radius 2 is 2.00 bits per heavy atom. The van der Waals surface area contributed by atoms with Crippen molar-refractivity contribution >= 4 is 5.91 Å². The number of rotatable bonds is 6. The van der Waals surface area contributed by atoms with Gasteiger partial charge in [0.05, 0.1) is 11.9 Å². The van der Waals surface area contributed by atoms with Crippen LogP contribution < -0.4 is 4.74 Å². The number of carbonyl (C=O) groups excluding carboxylic acids is 1. The van der Waals surface area contributed by atoms with Gasteiger partial charge in [0.2, 0.25) is 5.88 Å². The Hall–Kier alpha value is -4.00. The normalized spacial score (nSPS) is 15.7. The van der Waals surface area contributed by atoms with E-state index in [2.05, 4.69) is 14.5 Å². The number of hydrogen-bond acceptors (Lipinski definition) is 5. The predicted molar refractivity (Wildman–Crippen MR) is 134 cm³/mol. The highest BCUT2D eigenvalue weighted by Crippen LogP contribution is 2.28. The van der Waals surface area contributed by atoms with E-state index >= 15 is 0 Å². The molecule has 1 saturated heterocycles. The molecule has 3 heterocycles. The molecule has 1 atom stereocenters. The van der Waals surface area contributed by atoms with Crippen molar-refractivity contribution in [1.82, 2.24) is 24.4 Å². The highest BCUT2D eigenvalue weighted by atomic mass is 16.5. The van der Waals surface area contributed by atoms with Crippen LogP contribution in [-0.4, -0.2) is 43.4 Å². The molecule has 0 radical (unpaired) electrons. The molecule has 0 aliphatic carbocycles. The van der Waals surface area contributed by atoms with Crippen molar-refractivity contribution < 1.29 is 9.53 Å². The zero-order valence-corrected chi connectivity index (χ0v) is 20.1. The highest BCUT2D eigenvalue weighted by molar-refractivity contribution is 5.94.